The lowest BCUT2D eigenvalue weighted by atomic mass is 9.81. The number of aliphatic hydroxyl groups excluding tert-OH is 1. The van der Waals surface area contributed by atoms with Gasteiger partial charge in [0.1, 0.15) is 11.8 Å². The topological polar surface area (TPSA) is 121 Å². The Kier molecular flexibility index (Phi) is 7.70. The molecule has 2 aliphatic rings. The van der Waals surface area contributed by atoms with E-state index in [0.717, 1.165) is 28.3 Å². The van der Waals surface area contributed by atoms with Crippen LogP contribution in [0.25, 0.3) is 0 Å². The highest BCUT2D eigenvalue weighted by Crippen LogP contribution is 2.52. The van der Waals surface area contributed by atoms with E-state index in [0.29, 0.717) is 24.1 Å². The molecule has 1 aliphatic carbocycles. The first-order chi connectivity index (χ1) is 21.2. The fraction of sp³-hybridized carbons (Fsp3) is 0.229. The number of aromatic nitrogens is 1. The Morgan fingerprint density at radius 3 is 2.16 bits per heavy atom. The lowest BCUT2D eigenvalue weighted by molar-refractivity contribution is -0.148. The third-order valence-electron chi connectivity index (χ3n) is 8.35. The standard InChI is InChI=1S/C35H31N3O5S/c1-38(44(41,42)30-18-15-26(22-36)23-37-30)29-14-8-13-28(19-29)31(27-16-17-27)32-33(39)35(43-34(32)40,20-24-9-4-2-5-10-24)21-25-11-6-3-7-12-25/h2-15,18-19,23,27,31,39H,16-17,20-21H2,1H3. The second-order valence-corrected chi connectivity index (χ2v) is 13.3. The van der Waals surface area contributed by atoms with Crippen molar-refractivity contribution in [2.75, 3.05) is 11.4 Å². The molecule has 1 atom stereocenters. The maximum atomic E-state index is 13.8. The lowest BCUT2D eigenvalue weighted by Crippen LogP contribution is -2.37. The van der Waals surface area contributed by atoms with Crippen LogP contribution in [0.15, 0.2) is 120 Å². The predicted molar refractivity (Wildman–Crippen MR) is 165 cm³/mol. The summed E-state index contributed by atoms with van der Waals surface area (Å²) in [7, 11) is -2.60. The minimum absolute atomic E-state index is 0.0692. The fourth-order valence-electron chi connectivity index (χ4n) is 5.95. The number of benzene rings is 3. The summed E-state index contributed by atoms with van der Waals surface area (Å²) >= 11 is 0. The summed E-state index contributed by atoms with van der Waals surface area (Å²) in [4.78, 5) is 17.7. The normalized spacial score (nSPS) is 16.7. The Morgan fingerprint density at radius 2 is 1.61 bits per heavy atom. The van der Waals surface area contributed by atoms with Gasteiger partial charge in [-0.05, 0) is 59.7 Å². The molecule has 8 nitrogen and oxygen atoms in total. The van der Waals surface area contributed by atoms with Crippen molar-refractivity contribution in [2.45, 2.75) is 42.2 Å². The zero-order valence-electron chi connectivity index (χ0n) is 24.1. The van der Waals surface area contributed by atoms with Gasteiger partial charge in [0.15, 0.2) is 10.6 Å². The minimum atomic E-state index is -4.03. The number of sulfonamides is 1. The molecule has 44 heavy (non-hydrogen) atoms. The van der Waals surface area contributed by atoms with E-state index in [2.05, 4.69) is 4.98 Å². The van der Waals surface area contributed by atoms with Crippen LogP contribution >= 0.6 is 0 Å². The number of hydrogen-bond acceptors (Lipinski definition) is 7. The Morgan fingerprint density at radius 1 is 0.977 bits per heavy atom. The molecule has 1 fully saturated rings. The number of nitriles is 1. The van der Waals surface area contributed by atoms with Crippen LogP contribution in [0, 0.1) is 17.2 Å². The molecule has 0 amide bonds. The Bertz CT molecular complexity index is 1820. The number of cyclic esters (lactones) is 1. The molecule has 0 radical (unpaired) electrons. The summed E-state index contributed by atoms with van der Waals surface area (Å²) < 4.78 is 34.1. The molecular weight excluding hydrogens is 574 g/mol. The smallest absolute Gasteiger partial charge is 0.339 e. The van der Waals surface area contributed by atoms with Gasteiger partial charge in [-0.1, -0.05) is 72.8 Å². The molecule has 1 N–H and O–H groups in total. The number of rotatable bonds is 10. The Labute approximate surface area is 256 Å². The van der Waals surface area contributed by atoms with Crippen LogP contribution < -0.4 is 4.31 Å². The molecule has 0 spiro atoms. The molecule has 9 heteroatoms. The summed E-state index contributed by atoms with van der Waals surface area (Å²) in [5, 5.41) is 20.9. The van der Waals surface area contributed by atoms with Crippen LogP contribution in [0.5, 0.6) is 0 Å². The van der Waals surface area contributed by atoms with Crippen LogP contribution in [-0.4, -0.2) is 37.1 Å². The van der Waals surface area contributed by atoms with Crippen molar-refractivity contribution in [3.63, 3.8) is 0 Å². The molecule has 1 saturated carbocycles. The van der Waals surface area contributed by atoms with E-state index < -0.39 is 27.5 Å². The fourth-order valence-corrected chi connectivity index (χ4v) is 7.04. The largest absolute Gasteiger partial charge is 0.507 e. The quantitative estimate of drug-likeness (QED) is 0.225. The highest BCUT2D eigenvalue weighted by molar-refractivity contribution is 7.92. The molecule has 1 aromatic heterocycles. The summed E-state index contributed by atoms with van der Waals surface area (Å²) in [5.74, 6) is -0.999. The third-order valence-corrected chi connectivity index (χ3v) is 10.0. The Hall–Kier alpha value is -4.94. The van der Waals surface area contributed by atoms with Gasteiger partial charge in [0.2, 0.25) is 0 Å². The maximum absolute atomic E-state index is 13.8. The van der Waals surface area contributed by atoms with Gasteiger partial charge < -0.3 is 9.84 Å². The second kappa shape index (κ2) is 11.6. The van der Waals surface area contributed by atoms with E-state index in [-0.39, 0.29) is 27.8 Å². The van der Waals surface area contributed by atoms with Gasteiger partial charge in [-0.2, -0.15) is 13.7 Å². The van der Waals surface area contributed by atoms with Gasteiger partial charge in [-0.25, -0.2) is 9.78 Å². The molecule has 1 unspecified atom stereocenters. The van der Waals surface area contributed by atoms with Crippen LogP contribution in [0.1, 0.15) is 41.0 Å². The van der Waals surface area contributed by atoms with Gasteiger partial charge in [0, 0.05) is 32.0 Å². The predicted octanol–water partition coefficient (Wildman–Crippen LogP) is 5.87. The van der Waals surface area contributed by atoms with Gasteiger partial charge in [-0.3, -0.25) is 4.31 Å². The van der Waals surface area contributed by atoms with E-state index in [1.807, 2.05) is 72.8 Å². The molecule has 4 aromatic rings. The average Bonchev–Trinajstić information content (AvgIpc) is 3.85. The first-order valence-corrected chi connectivity index (χ1v) is 15.9. The number of aliphatic hydroxyl groups is 1. The Balaban J connectivity index is 1.39. The van der Waals surface area contributed by atoms with Crippen LogP contribution in [0.2, 0.25) is 0 Å². The van der Waals surface area contributed by atoms with Gasteiger partial charge in [-0.15, -0.1) is 0 Å². The average molecular weight is 606 g/mol. The van der Waals surface area contributed by atoms with Crippen molar-refractivity contribution in [3.05, 3.63) is 137 Å². The van der Waals surface area contributed by atoms with Crippen LogP contribution in [0.4, 0.5) is 5.69 Å². The molecule has 0 bridgehead atoms. The zero-order valence-corrected chi connectivity index (χ0v) is 24.9. The molecule has 0 saturated heterocycles. The number of nitrogens with zero attached hydrogens (tertiary/aromatic N) is 3. The van der Waals surface area contributed by atoms with Crippen molar-refractivity contribution >= 4 is 21.7 Å². The summed E-state index contributed by atoms with van der Waals surface area (Å²) in [6.07, 6.45) is 3.57. The van der Waals surface area contributed by atoms with E-state index >= 15 is 0 Å². The van der Waals surface area contributed by atoms with Crippen LogP contribution in [0.3, 0.4) is 0 Å². The van der Waals surface area contributed by atoms with E-state index in [9.17, 15) is 18.3 Å². The summed E-state index contributed by atoms with van der Waals surface area (Å²) in [6.45, 7) is 0. The first kappa shape index (κ1) is 29.1. The number of esters is 1. The van der Waals surface area contributed by atoms with Gasteiger partial charge in [0.25, 0.3) is 10.0 Å². The van der Waals surface area contributed by atoms with Crippen molar-refractivity contribution in [2.24, 2.45) is 5.92 Å². The minimum Gasteiger partial charge on any atom is -0.507 e. The van der Waals surface area contributed by atoms with Crippen molar-refractivity contribution in [1.82, 2.24) is 4.98 Å². The number of hydrogen-bond donors (Lipinski definition) is 1. The monoisotopic (exact) mass is 605 g/mol. The number of anilines is 1. The number of pyridine rings is 1. The summed E-state index contributed by atoms with van der Waals surface area (Å²) in [5.41, 5.74) is 2.17. The highest BCUT2D eigenvalue weighted by Gasteiger charge is 2.53. The third kappa shape index (κ3) is 5.56. The zero-order chi connectivity index (χ0) is 30.9. The molecule has 6 rings (SSSR count). The highest BCUT2D eigenvalue weighted by atomic mass is 32.2. The van der Waals surface area contributed by atoms with E-state index in [1.54, 1.807) is 18.2 Å². The van der Waals surface area contributed by atoms with E-state index in [1.165, 1.54) is 25.4 Å². The first-order valence-electron chi connectivity index (χ1n) is 14.4. The van der Waals surface area contributed by atoms with E-state index in [4.69, 9.17) is 10.00 Å². The lowest BCUT2D eigenvalue weighted by Gasteiger charge is -2.29. The van der Waals surface area contributed by atoms with Crippen LogP contribution in [-0.2, 0) is 32.4 Å². The number of carbonyl (C=O) groups excluding carboxylic acids is 1. The molecule has 3 aromatic carbocycles. The van der Waals surface area contributed by atoms with Gasteiger partial charge in [0.05, 0.1) is 16.8 Å². The van der Waals surface area contributed by atoms with Crippen molar-refractivity contribution in [3.8, 4) is 6.07 Å². The van der Waals surface area contributed by atoms with Crippen molar-refractivity contribution < 1.29 is 23.1 Å². The second-order valence-electron chi connectivity index (χ2n) is 11.4. The van der Waals surface area contributed by atoms with Gasteiger partial charge >= 0.3 is 5.97 Å². The summed E-state index contributed by atoms with van der Waals surface area (Å²) in [6, 6.07) is 31.0. The molecule has 2 heterocycles. The maximum Gasteiger partial charge on any atom is 0.339 e. The number of ether oxygens (including phenoxy) is 1. The number of carbonyl (C=O) groups is 1. The molecular formula is C35H31N3O5S. The SMILES string of the molecule is CN(c1cccc(C(C2=C(O)C(Cc3ccccc3)(Cc3ccccc3)OC2=O)C2CC2)c1)S(=O)(=O)c1ccc(C#N)cn1. The van der Waals surface area contributed by atoms with Crippen molar-refractivity contribution in [1.29, 1.82) is 5.26 Å². The molecule has 222 valence electrons. The molecule has 1 aliphatic heterocycles.